The van der Waals surface area contributed by atoms with Crippen LogP contribution < -0.4 is 5.73 Å². The van der Waals surface area contributed by atoms with Crippen LogP contribution in [0.25, 0.3) is 0 Å². The van der Waals surface area contributed by atoms with Crippen molar-refractivity contribution in [3.05, 3.63) is 47.5 Å². The third-order valence-electron chi connectivity index (χ3n) is 4.84. The second-order valence-electron chi connectivity index (χ2n) is 7.08. The van der Waals surface area contributed by atoms with Crippen molar-refractivity contribution in [1.82, 2.24) is 19.7 Å². The highest BCUT2D eigenvalue weighted by molar-refractivity contribution is 5.88. The van der Waals surface area contributed by atoms with E-state index in [-0.39, 0.29) is 25.5 Å². The fraction of sp³-hybridized carbons (Fsp3) is 0.474. The molecule has 0 spiro atoms. The van der Waals surface area contributed by atoms with Crippen LogP contribution in [0.1, 0.15) is 28.0 Å². The van der Waals surface area contributed by atoms with E-state index in [1.807, 2.05) is 31.2 Å². The molecule has 4 N–H and O–H groups in total. The van der Waals surface area contributed by atoms with Crippen molar-refractivity contribution in [3.8, 4) is 0 Å². The Morgan fingerprint density at radius 1 is 1.27 bits per heavy atom. The van der Waals surface area contributed by atoms with Gasteiger partial charge in [0.05, 0.1) is 6.61 Å². The Morgan fingerprint density at radius 3 is 2.57 bits per heavy atom. The highest BCUT2D eigenvalue weighted by Crippen LogP contribution is 2.30. The Morgan fingerprint density at radius 2 is 1.97 bits per heavy atom. The molecule has 11 heteroatoms. The maximum absolute atomic E-state index is 13.1. The quantitative estimate of drug-likeness (QED) is 0.491. The number of hydrogen-bond acceptors (Lipinski definition) is 8. The van der Waals surface area contributed by atoms with Gasteiger partial charge in [-0.05, 0) is 12.5 Å². The van der Waals surface area contributed by atoms with E-state index < -0.39 is 36.4 Å². The van der Waals surface area contributed by atoms with Gasteiger partial charge in [0.2, 0.25) is 5.82 Å². The Bertz CT molecular complexity index is 886. The first-order valence-corrected chi connectivity index (χ1v) is 9.37. The van der Waals surface area contributed by atoms with Crippen molar-refractivity contribution in [2.45, 2.75) is 38.0 Å². The van der Waals surface area contributed by atoms with Crippen LogP contribution in [0.5, 0.6) is 0 Å². The highest BCUT2D eigenvalue weighted by atomic mass is 16.6. The number of aliphatic hydroxyl groups excluding tert-OH is 2. The van der Waals surface area contributed by atoms with Gasteiger partial charge in [0, 0.05) is 20.2 Å². The molecule has 1 saturated heterocycles. The van der Waals surface area contributed by atoms with Crippen molar-refractivity contribution in [3.63, 3.8) is 0 Å². The lowest BCUT2D eigenvalue weighted by Crippen LogP contribution is -2.46. The van der Waals surface area contributed by atoms with Crippen LogP contribution in [0.4, 0.5) is 0 Å². The maximum atomic E-state index is 13.1. The van der Waals surface area contributed by atoms with E-state index in [9.17, 15) is 19.8 Å². The lowest BCUT2D eigenvalue weighted by atomic mass is 10.1. The Balaban J connectivity index is 1.77. The molecule has 162 valence electrons. The predicted molar refractivity (Wildman–Crippen MR) is 103 cm³/mol. The molecule has 0 bridgehead atoms. The number of amides is 2. The Hall–Kier alpha value is -2.86. The van der Waals surface area contributed by atoms with Crippen molar-refractivity contribution in [1.29, 1.82) is 0 Å². The van der Waals surface area contributed by atoms with E-state index in [4.69, 9.17) is 15.2 Å². The van der Waals surface area contributed by atoms with E-state index >= 15 is 0 Å². The second kappa shape index (κ2) is 9.30. The molecule has 11 nitrogen and oxygen atoms in total. The van der Waals surface area contributed by atoms with Gasteiger partial charge >= 0.3 is 0 Å². The normalized spacial score (nSPS) is 23.5. The predicted octanol–water partition coefficient (Wildman–Crippen LogP) is -1.02. The average molecular weight is 419 g/mol. The van der Waals surface area contributed by atoms with E-state index in [0.717, 1.165) is 22.1 Å². The summed E-state index contributed by atoms with van der Waals surface area (Å²) in [6.07, 6.45) is -4.33. The Kier molecular flexibility index (Phi) is 6.77. The SMILES string of the molecule is COCCN(Cc1ccc(C)cc1)C(=O)[C@H]1O[C@@H](n2cnc(C(N)=O)n2)[C@H](O)[C@@H]1O. The fourth-order valence-electron chi connectivity index (χ4n) is 3.15. The number of aryl methyl sites for hydroxylation is 1. The van der Waals surface area contributed by atoms with Crippen LogP contribution in [0, 0.1) is 6.92 Å². The monoisotopic (exact) mass is 419 g/mol. The molecule has 1 aromatic carbocycles. The average Bonchev–Trinajstić information content (AvgIpc) is 3.32. The summed E-state index contributed by atoms with van der Waals surface area (Å²) in [4.78, 5) is 29.5. The number of nitrogens with two attached hydrogens (primary N) is 1. The minimum atomic E-state index is -1.49. The lowest BCUT2D eigenvalue weighted by Gasteiger charge is -2.26. The number of carbonyl (C=O) groups is 2. The third kappa shape index (κ3) is 4.65. The smallest absolute Gasteiger partial charge is 0.288 e. The van der Waals surface area contributed by atoms with Gasteiger partial charge in [0.25, 0.3) is 11.8 Å². The van der Waals surface area contributed by atoms with Crippen molar-refractivity contribution < 1.29 is 29.3 Å². The first kappa shape index (κ1) is 21.8. The summed E-state index contributed by atoms with van der Waals surface area (Å²) in [7, 11) is 1.52. The minimum absolute atomic E-state index is 0.267. The molecule has 0 unspecified atom stereocenters. The number of ether oxygens (including phenoxy) is 2. The van der Waals surface area contributed by atoms with Crippen LogP contribution in [0.2, 0.25) is 0 Å². The molecule has 2 amide bonds. The third-order valence-corrected chi connectivity index (χ3v) is 4.84. The van der Waals surface area contributed by atoms with Crippen LogP contribution in [0.3, 0.4) is 0 Å². The molecule has 4 atom stereocenters. The number of methoxy groups -OCH3 is 1. The number of primary amides is 1. The summed E-state index contributed by atoms with van der Waals surface area (Å²) in [5.41, 5.74) is 7.12. The highest BCUT2D eigenvalue weighted by Gasteiger charge is 2.49. The zero-order valence-electron chi connectivity index (χ0n) is 16.7. The summed E-state index contributed by atoms with van der Waals surface area (Å²) in [6, 6.07) is 7.70. The maximum Gasteiger partial charge on any atom is 0.288 e. The molecular weight excluding hydrogens is 394 g/mol. The van der Waals surface area contributed by atoms with E-state index in [0.29, 0.717) is 0 Å². The zero-order chi connectivity index (χ0) is 21.8. The summed E-state index contributed by atoms with van der Waals surface area (Å²) >= 11 is 0. The minimum Gasteiger partial charge on any atom is -0.387 e. The summed E-state index contributed by atoms with van der Waals surface area (Å²) in [5, 5.41) is 24.7. The van der Waals surface area contributed by atoms with Crippen molar-refractivity contribution in [2.24, 2.45) is 5.73 Å². The number of aromatic nitrogens is 3. The van der Waals surface area contributed by atoms with Crippen molar-refractivity contribution in [2.75, 3.05) is 20.3 Å². The molecule has 2 aromatic rings. The first-order chi connectivity index (χ1) is 14.3. The van der Waals surface area contributed by atoms with Crippen LogP contribution >= 0.6 is 0 Å². The molecule has 1 aliphatic rings. The molecule has 1 aromatic heterocycles. The number of carbonyl (C=O) groups excluding carboxylic acids is 2. The molecule has 30 heavy (non-hydrogen) atoms. The van der Waals surface area contributed by atoms with Gasteiger partial charge in [0.1, 0.15) is 18.5 Å². The largest absolute Gasteiger partial charge is 0.387 e. The van der Waals surface area contributed by atoms with E-state index in [1.54, 1.807) is 0 Å². The van der Waals surface area contributed by atoms with Gasteiger partial charge in [0.15, 0.2) is 12.3 Å². The topological polar surface area (TPSA) is 153 Å². The fourth-order valence-corrected chi connectivity index (χ4v) is 3.15. The molecular formula is C19H25N5O6. The number of rotatable bonds is 8. The number of nitrogens with zero attached hydrogens (tertiary/aromatic N) is 4. The summed E-state index contributed by atoms with van der Waals surface area (Å²) < 4.78 is 11.8. The summed E-state index contributed by atoms with van der Waals surface area (Å²) in [5.74, 6) is -1.62. The first-order valence-electron chi connectivity index (χ1n) is 9.37. The molecule has 2 heterocycles. The van der Waals surface area contributed by atoms with Gasteiger partial charge in [-0.1, -0.05) is 29.8 Å². The molecule has 1 aliphatic heterocycles. The van der Waals surface area contributed by atoms with Crippen LogP contribution in [-0.4, -0.2) is 80.3 Å². The van der Waals surface area contributed by atoms with Gasteiger partial charge in [-0.3, -0.25) is 9.59 Å². The number of aliphatic hydroxyl groups is 2. The molecule has 1 fully saturated rings. The van der Waals surface area contributed by atoms with Gasteiger partial charge in [-0.2, -0.15) is 0 Å². The Labute approximate surface area is 173 Å². The number of hydrogen-bond donors (Lipinski definition) is 3. The number of benzene rings is 1. The standard InChI is InChI=1S/C19H25N5O6/c1-11-3-5-12(6-4-11)9-23(7-8-29-2)18(28)15-13(25)14(26)19(30-15)24-10-21-17(22-24)16(20)27/h3-6,10,13-15,19,25-26H,7-9H2,1-2H3,(H2,20,27)/t13-,14+,15-,19+/m0/s1. The van der Waals surface area contributed by atoms with Gasteiger partial charge in [-0.15, -0.1) is 5.10 Å². The van der Waals surface area contributed by atoms with Crippen LogP contribution in [-0.2, 0) is 20.8 Å². The summed E-state index contributed by atoms with van der Waals surface area (Å²) in [6.45, 7) is 2.81. The zero-order valence-corrected chi connectivity index (χ0v) is 16.7. The molecule has 3 rings (SSSR count). The second-order valence-corrected chi connectivity index (χ2v) is 7.08. The lowest BCUT2D eigenvalue weighted by molar-refractivity contribution is -0.150. The van der Waals surface area contributed by atoms with Crippen LogP contribution in [0.15, 0.2) is 30.6 Å². The van der Waals surface area contributed by atoms with E-state index in [1.165, 1.54) is 12.0 Å². The van der Waals surface area contributed by atoms with Crippen molar-refractivity contribution >= 4 is 11.8 Å². The van der Waals surface area contributed by atoms with Gasteiger partial charge in [-0.25, -0.2) is 9.67 Å². The molecule has 0 saturated carbocycles. The molecule has 0 radical (unpaired) electrons. The molecule has 0 aliphatic carbocycles. The van der Waals surface area contributed by atoms with E-state index in [2.05, 4.69) is 10.1 Å². The van der Waals surface area contributed by atoms with Gasteiger partial charge < -0.3 is 30.3 Å².